The largest absolute Gasteiger partial charge is 0.310 e. The molecule has 3 heteroatoms. The zero-order valence-corrected chi connectivity index (χ0v) is 18.2. The highest BCUT2D eigenvalue weighted by Gasteiger charge is 2.27. The number of nitrogens with zero attached hydrogens (tertiary/aromatic N) is 2. The summed E-state index contributed by atoms with van der Waals surface area (Å²) >= 11 is 0. The van der Waals surface area contributed by atoms with Crippen molar-refractivity contribution < 1.29 is 0 Å². The fourth-order valence-corrected chi connectivity index (χ4v) is 5.06. The van der Waals surface area contributed by atoms with Crippen LogP contribution in [0.1, 0.15) is 48.8 Å². The van der Waals surface area contributed by atoms with Crippen molar-refractivity contribution in [3.05, 3.63) is 71.3 Å². The molecule has 29 heavy (non-hydrogen) atoms. The third kappa shape index (κ3) is 5.91. The van der Waals surface area contributed by atoms with Crippen LogP contribution in [0.15, 0.2) is 54.6 Å². The Morgan fingerprint density at radius 1 is 0.828 bits per heavy atom. The molecule has 0 spiro atoms. The molecule has 1 heterocycles. The Morgan fingerprint density at radius 2 is 1.52 bits per heavy atom. The minimum absolute atomic E-state index is 0.619. The Balaban J connectivity index is 1.27. The van der Waals surface area contributed by atoms with Crippen LogP contribution in [0.5, 0.6) is 0 Å². The van der Waals surface area contributed by atoms with Crippen molar-refractivity contribution in [2.75, 3.05) is 33.2 Å². The van der Waals surface area contributed by atoms with E-state index in [4.69, 9.17) is 0 Å². The maximum atomic E-state index is 3.86. The van der Waals surface area contributed by atoms with Crippen molar-refractivity contribution >= 4 is 0 Å². The van der Waals surface area contributed by atoms with Gasteiger partial charge in [0.15, 0.2) is 0 Å². The monoisotopic (exact) mass is 391 g/mol. The van der Waals surface area contributed by atoms with Crippen molar-refractivity contribution in [1.82, 2.24) is 15.1 Å². The number of benzene rings is 2. The van der Waals surface area contributed by atoms with Gasteiger partial charge in [-0.1, -0.05) is 61.5 Å². The molecular weight excluding hydrogens is 354 g/mol. The summed E-state index contributed by atoms with van der Waals surface area (Å²) in [5, 5.41) is 3.86. The van der Waals surface area contributed by atoms with Gasteiger partial charge < -0.3 is 10.2 Å². The Labute approximate surface area is 177 Å². The van der Waals surface area contributed by atoms with E-state index in [9.17, 15) is 0 Å². The summed E-state index contributed by atoms with van der Waals surface area (Å²) in [6.45, 7) is 9.22. The first-order valence-electron chi connectivity index (χ1n) is 11.4. The lowest BCUT2D eigenvalue weighted by atomic mass is 9.76. The molecular formula is C26H37N3. The van der Waals surface area contributed by atoms with Gasteiger partial charge in [0.25, 0.3) is 0 Å². The molecule has 0 aromatic heterocycles. The van der Waals surface area contributed by atoms with E-state index in [1.54, 1.807) is 0 Å². The summed E-state index contributed by atoms with van der Waals surface area (Å²) in [4.78, 5) is 4.99. The van der Waals surface area contributed by atoms with Crippen LogP contribution in [-0.2, 0) is 13.1 Å². The standard InChI is InChI=1S/C26H37N3/c1-21-16-25(24-6-4-3-5-7-24)18-26(17-21)27-19-22-8-10-23(11-9-22)20-29-14-12-28(2)13-15-29/h3-11,21,25-27H,12-20H2,1-2H3. The molecule has 2 aromatic carbocycles. The molecule has 1 N–H and O–H groups in total. The van der Waals surface area contributed by atoms with Crippen LogP contribution in [0.2, 0.25) is 0 Å². The first kappa shape index (κ1) is 20.6. The number of likely N-dealkylation sites (N-methyl/N-ethyl adjacent to an activating group) is 1. The van der Waals surface area contributed by atoms with Gasteiger partial charge in [-0.05, 0) is 54.8 Å². The van der Waals surface area contributed by atoms with Gasteiger partial charge in [-0.3, -0.25) is 4.90 Å². The number of rotatable bonds is 6. The number of piperazine rings is 1. The van der Waals surface area contributed by atoms with Crippen molar-refractivity contribution in [2.45, 2.75) is 51.2 Å². The molecule has 2 aliphatic rings. The lowest BCUT2D eigenvalue weighted by molar-refractivity contribution is 0.148. The lowest BCUT2D eigenvalue weighted by Gasteiger charge is -2.34. The molecule has 2 aromatic rings. The minimum Gasteiger partial charge on any atom is -0.310 e. The van der Waals surface area contributed by atoms with Gasteiger partial charge in [-0.25, -0.2) is 0 Å². The van der Waals surface area contributed by atoms with E-state index in [1.165, 1.54) is 62.1 Å². The van der Waals surface area contributed by atoms with E-state index in [0.29, 0.717) is 12.0 Å². The van der Waals surface area contributed by atoms with E-state index >= 15 is 0 Å². The Kier molecular flexibility index (Phi) is 7.02. The van der Waals surface area contributed by atoms with E-state index < -0.39 is 0 Å². The second kappa shape index (κ2) is 9.88. The summed E-state index contributed by atoms with van der Waals surface area (Å²) < 4.78 is 0. The summed E-state index contributed by atoms with van der Waals surface area (Å²) in [6.07, 6.45) is 3.88. The van der Waals surface area contributed by atoms with Gasteiger partial charge in [0, 0.05) is 45.3 Å². The van der Waals surface area contributed by atoms with E-state index in [0.717, 1.165) is 19.0 Å². The number of hydrogen-bond acceptors (Lipinski definition) is 3. The topological polar surface area (TPSA) is 18.5 Å². The van der Waals surface area contributed by atoms with Crippen LogP contribution in [0.25, 0.3) is 0 Å². The van der Waals surface area contributed by atoms with Crippen LogP contribution >= 0.6 is 0 Å². The minimum atomic E-state index is 0.619. The molecule has 1 saturated heterocycles. The fraction of sp³-hybridized carbons (Fsp3) is 0.538. The molecule has 0 amide bonds. The first-order chi connectivity index (χ1) is 14.2. The molecule has 156 valence electrons. The van der Waals surface area contributed by atoms with Gasteiger partial charge in [-0.2, -0.15) is 0 Å². The highest BCUT2D eigenvalue weighted by atomic mass is 15.2. The Hall–Kier alpha value is -1.68. The number of nitrogens with one attached hydrogen (secondary N) is 1. The SMILES string of the molecule is CC1CC(NCc2ccc(CN3CCN(C)CC3)cc2)CC(c2ccccc2)C1. The highest BCUT2D eigenvalue weighted by Crippen LogP contribution is 2.36. The molecule has 3 nitrogen and oxygen atoms in total. The maximum Gasteiger partial charge on any atom is 0.0234 e. The van der Waals surface area contributed by atoms with Crippen LogP contribution in [-0.4, -0.2) is 49.1 Å². The van der Waals surface area contributed by atoms with Gasteiger partial charge >= 0.3 is 0 Å². The van der Waals surface area contributed by atoms with Crippen molar-refractivity contribution in [1.29, 1.82) is 0 Å². The van der Waals surface area contributed by atoms with Crippen LogP contribution < -0.4 is 5.32 Å². The second-order valence-electron chi connectivity index (χ2n) is 9.39. The van der Waals surface area contributed by atoms with Gasteiger partial charge in [0.05, 0.1) is 0 Å². The molecule has 0 radical (unpaired) electrons. The van der Waals surface area contributed by atoms with Gasteiger partial charge in [0.1, 0.15) is 0 Å². The third-order valence-electron chi connectivity index (χ3n) is 6.83. The molecule has 2 fully saturated rings. The molecule has 4 rings (SSSR count). The van der Waals surface area contributed by atoms with Crippen molar-refractivity contribution in [3.63, 3.8) is 0 Å². The van der Waals surface area contributed by atoms with Gasteiger partial charge in [-0.15, -0.1) is 0 Å². The first-order valence-corrected chi connectivity index (χ1v) is 11.4. The normalized spacial score (nSPS) is 26.5. The average Bonchev–Trinajstić information content (AvgIpc) is 2.75. The molecule has 1 saturated carbocycles. The lowest BCUT2D eigenvalue weighted by Crippen LogP contribution is -2.43. The van der Waals surface area contributed by atoms with Crippen LogP contribution in [0.3, 0.4) is 0 Å². The summed E-state index contributed by atoms with van der Waals surface area (Å²) in [5.41, 5.74) is 4.36. The van der Waals surface area contributed by atoms with Gasteiger partial charge in [0.2, 0.25) is 0 Å². The summed E-state index contributed by atoms with van der Waals surface area (Å²) in [6, 6.07) is 21.0. The second-order valence-corrected chi connectivity index (χ2v) is 9.39. The quantitative estimate of drug-likeness (QED) is 0.782. The highest BCUT2D eigenvalue weighted by molar-refractivity contribution is 5.23. The smallest absolute Gasteiger partial charge is 0.0234 e. The number of hydrogen-bond donors (Lipinski definition) is 1. The van der Waals surface area contributed by atoms with Crippen molar-refractivity contribution in [2.24, 2.45) is 5.92 Å². The fourth-order valence-electron chi connectivity index (χ4n) is 5.06. The third-order valence-corrected chi connectivity index (χ3v) is 6.83. The summed E-state index contributed by atoms with van der Waals surface area (Å²) in [5.74, 6) is 1.49. The molecule has 0 bridgehead atoms. The molecule has 1 aliphatic carbocycles. The van der Waals surface area contributed by atoms with E-state index in [1.807, 2.05) is 0 Å². The van der Waals surface area contributed by atoms with Crippen molar-refractivity contribution in [3.8, 4) is 0 Å². The molecule has 1 aliphatic heterocycles. The Bertz CT molecular complexity index is 734. The van der Waals surface area contributed by atoms with E-state index in [-0.39, 0.29) is 0 Å². The predicted molar refractivity (Wildman–Crippen MR) is 122 cm³/mol. The molecule has 3 atom stereocenters. The Morgan fingerprint density at radius 3 is 2.24 bits per heavy atom. The predicted octanol–water partition coefficient (Wildman–Crippen LogP) is 4.50. The zero-order valence-electron chi connectivity index (χ0n) is 18.2. The van der Waals surface area contributed by atoms with Crippen LogP contribution in [0, 0.1) is 5.92 Å². The zero-order chi connectivity index (χ0) is 20.1. The van der Waals surface area contributed by atoms with E-state index in [2.05, 4.69) is 83.7 Å². The average molecular weight is 392 g/mol. The summed E-state index contributed by atoms with van der Waals surface area (Å²) in [7, 11) is 2.22. The molecule has 3 unspecified atom stereocenters. The van der Waals surface area contributed by atoms with Crippen LogP contribution in [0.4, 0.5) is 0 Å². The maximum absolute atomic E-state index is 3.86.